The third kappa shape index (κ3) is 2.32. The lowest BCUT2D eigenvalue weighted by molar-refractivity contribution is 0.0265. The van der Waals surface area contributed by atoms with Crippen LogP contribution in [0.25, 0.3) is 0 Å². The molecule has 1 heterocycles. The first kappa shape index (κ1) is 9.65. The van der Waals surface area contributed by atoms with Crippen LogP contribution in [0.1, 0.15) is 5.56 Å². The van der Waals surface area contributed by atoms with Crippen molar-refractivity contribution in [1.29, 1.82) is 0 Å². The summed E-state index contributed by atoms with van der Waals surface area (Å²) >= 11 is 0. The minimum Gasteiger partial charge on any atom is -0.377 e. The van der Waals surface area contributed by atoms with Gasteiger partial charge in [-0.25, -0.2) is 0 Å². The monoisotopic (exact) mass is 193 g/mol. The van der Waals surface area contributed by atoms with Crippen molar-refractivity contribution in [2.45, 2.75) is 18.8 Å². The minimum absolute atomic E-state index is 0.0266. The molecule has 1 aromatic rings. The van der Waals surface area contributed by atoms with E-state index >= 15 is 0 Å². The number of rotatable bonds is 3. The molecule has 0 radical (unpaired) electrons. The second-order valence-electron chi connectivity index (χ2n) is 3.54. The summed E-state index contributed by atoms with van der Waals surface area (Å²) in [4.78, 5) is 0. The molecule has 0 spiro atoms. The molecule has 3 heteroatoms. The lowest BCUT2D eigenvalue weighted by Gasteiger charge is -2.14. The van der Waals surface area contributed by atoms with Gasteiger partial charge in [0.15, 0.2) is 0 Å². The lowest BCUT2D eigenvalue weighted by atomic mass is 10.2. The number of nitrogens with two attached hydrogens (primary N) is 1. The highest BCUT2D eigenvalue weighted by atomic mass is 16.5. The molecule has 2 unspecified atom stereocenters. The average Bonchev–Trinajstić information content (AvgIpc) is 2.63. The van der Waals surface area contributed by atoms with Crippen molar-refractivity contribution in [3.8, 4) is 0 Å². The second kappa shape index (κ2) is 4.55. The van der Waals surface area contributed by atoms with Crippen molar-refractivity contribution in [2.24, 2.45) is 5.73 Å². The molecule has 1 fully saturated rings. The maximum absolute atomic E-state index is 5.79. The van der Waals surface area contributed by atoms with Crippen LogP contribution < -0.4 is 5.73 Å². The van der Waals surface area contributed by atoms with Crippen LogP contribution in [-0.2, 0) is 16.1 Å². The van der Waals surface area contributed by atoms with Gasteiger partial charge in [-0.05, 0) is 5.56 Å². The van der Waals surface area contributed by atoms with Crippen LogP contribution in [-0.4, -0.2) is 25.4 Å². The van der Waals surface area contributed by atoms with E-state index in [1.807, 2.05) is 30.3 Å². The Morgan fingerprint density at radius 1 is 1.29 bits per heavy atom. The van der Waals surface area contributed by atoms with Crippen molar-refractivity contribution in [1.82, 2.24) is 0 Å². The Labute approximate surface area is 83.8 Å². The van der Waals surface area contributed by atoms with E-state index in [4.69, 9.17) is 15.2 Å². The van der Waals surface area contributed by atoms with Crippen LogP contribution in [0, 0.1) is 0 Å². The number of hydrogen-bond donors (Lipinski definition) is 1. The summed E-state index contributed by atoms with van der Waals surface area (Å²) in [5.74, 6) is 0. The number of benzene rings is 1. The number of hydrogen-bond acceptors (Lipinski definition) is 3. The van der Waals surface area contributed by atoms with E-state index in [0.717, 1.165) is 0 Å². The van der Waals surface area contributed by atoms with Gasteiger partial charge in [-0.3, -0.25) is 0 Å². The molecule has 0 bridgehead atoms. The lowest BCUT2D eigenvalue weighted by Crippen LogP contribution is -2.34. The molecule has 14 heavy (non-hydrogen) atoms. The summed E-state index contributed by atoms with van der Waals surface area (Å²) in [6, 6.07) is 10.1. The van der Waals surface area contributed by atoms with Gasteiger partial charge in [-0.2, -0.15) is 0 Å². The summed E-state index contributed by atoms with van der Waals surface area (Å²) in [5, 5.41) is 0. The fraction of sp³-hybridized carbons (Fsp3) is 0.455. The minimum atomic E-state index is 0.0266. The largest absolute Gasteiger partial charge is 0.377 e. The Bertz CT molecular complexity index is 276. The fourth-order valence-electron chi connectivity index (χ4n) is 1.50. The van der Waals surface area contributed by atoms with E-state index < -0.39 is 0 Å². The fourth-order valence-corrected chi connectivity index (χ4v) is 1.50. The van der Waals surface area contributed by atoms with Gasteiger partial charge < -0.3 is 15.2 Å². The van der Waals surface area contributed by atoms with Gasteiger partial charge >= 0.3 is 0 Å². The Balaban J connectivity index is 1.82. The summed E-state index contributed by atoms with van der Waals surface area (Å²) in [7, 11) is 0. The molecule has 1 aromatic carbocycles. The van der Waals surface area contributed by atoms with Crippen molar-refractivity contribution in [3.63, 3.8) is 0 Å². The van der Waals surface area contributed by atoms with Crippen molar-refractivity contribution in [3.05, 3.63) is 35.9 Å². The molecule has 1 saturated heterocycles. The van der Waals surface area contributed by atoms with E-state index in [1.165, 1.54) is 5.56 Å². The highest BCUT2D eigenvalue weighted by Gasteiger charge is 2.25. The maximum atomic E-state index is 5.79. The van der Waals surface area contributed by atoms with E-state index in [1.54, 1.807) is 0 Å². The molecule has 1 aliphatic rings. The molecule has 76 valence electrons. The van der Waals surface area contributed by atoms with Crippen LogP contribution in [0.15, 0.2) is 30.3 Å². The first-order valence-corrected chi connectivity index (χ1v) is 4.85. The van der Waals surface area contributed by atoms with E-state index in [9.17, 15) is 0 Å². The smallest absolute Gasteiger partial charge is 0.0985 e. The van der Waals surface area contributed by atoms with Crippen molar-refractivity contribution < 1.29 is 9.47 Å². The molecule has 0 amide bonds. The third-order valence-electron chi connectivity index (χ3n) is 2.38. The second-order valence-corrected chi connectivity index (χ2v) is 3.54. The molecule has 2 atom stereocenters. The van der Waals surface area contributed by atoms with Gasteiger partial charge in [-0.1, -0.05) is 30.3 Å². The highest BCUT2D eigenvalue weighted by Crippen LogP contribution is 2.10. The predicted octanol–water partition coefficient (Wildman–Crippen LogP) is 0.929. The van der Waals surface area contributed by atoms with Crippen molar-refractivity contribution >= 4 is 0 Å². The first-order valence-electron chi connectivity index (χ1n) is 4.85. The molecule has 3 nitrogen and oxygen atoms in total. The molecular weight excluding hydrogens is 178 g/mol. The van der Waals surface area contributed by atoms with Crippen LogP contribution in [0.3, 0.4) is 0 Å². The van der Waals surface area contributed by atoms with E-state index in [2.05, 4.69) is 0 Å². The molecule has 0 aliphatic carbocycles. The van der Waals surface area contributed by atoms with E-state index in [0.29, 0.717) is 19.8 Å². The normalized spacial score (nSPS) is 26.6. The van der Waals surface area contributed by atoms with Gasteiger partial charge in [0.25, 0.3) is 0 Å². The van der Waals surface area contributed by atoms with Crippen LogP contribution >= 0.6 is 0 Å². The van der Waals surface area contributed by atoms with Gasteiger partial charge in [0.1, 0.15) is 0 Å². The quantitative estimate of drug-likeness (QED) is 0.776. The average molecular weight is 193 g/mol. The van der Waals surface area contributed by atoms with Gasteiger partial charge in [0.05, 0.1) is 32.0 Å². The Hall–Kier alpha value is -0.900. The zero-order valence-electron chi connectivity index (χ0n) is 8.06. The molecule has 2 rings (SSSR count). The zero-order valence-corrected chi connectivity index (χ0v) is 8.06. The SMILES string of the molecule is NC1COCC1OCc1ccccc1. The van der Waals surface area contributed by atoms with Crippen LogP contribution in [0.2, 0.25) is 0 Å². The maximum Gasteiger partial charge on any atom is 0.0985 e. The first-order chi connectivity index (χ1) is 6.86. The topological polar surface area (TPSA) is 44.5 Å². The predicted molar refractivity (Wildman–Crippen MR) is 53.8 cm³/mol. The molecule has 0 saturated carbocycles. The molecule has 1 aliphatic heterocycles. The highest BCUT2D eigenvalue weighted by molar-refractivity contribution is 5.13. The molecular formula is C11H15NO2. The molecule has 2 N–H and O–H groups in total. The van der Waals surface area contributed by atoms with Crippen molar-refractivity contribution in [2.75, 3.05) is 13.2 Å². The van der Waals surface area contributed by atoms with Gasteiger partial charge in [0.2, 0.25) is 0 Å². The Morgan fingerprint density at radius 2 is 2.07 bits per heavy atom. The van der Waals surface area contributed by atoms with E-state index in [-0.39, 0.29) is 12.1 Å². The summed E-state index contributed by atoms with van der Waals surface area (Å²) in [6.45, 7) is 1.84. The third-order valence-corrected chi connectivity index (χ3v) is 2.38. The Morgan fingerprint density at radius 3 is 2.71 bits per heavy atom. The van der Waals surface area contributed by atoms with Gasteiger partial charge in [-0.15, -0.1) is 0 Å². The van der Waals surface area contributed by atoms with Gasteiger partial charge in [0, 0.05) is 0 Å². The zero-order chi connectivity index (χ0) is 9.80. The summed E-state index contributed by atoms with van der Waals surface area (Å²) in [5.41, 5.74) is 6.97. The van der Waals surface area contributed by atoms with Crippen LogP contribution in [0.5, 0.6) is 0 Å². The summed E-state index contributed by atoms with van der Waals surface area (Å²) in [6.07, 6.45) is 0.0511. The number of ether oxygens (including phenoxy) is 2. The Kier molecular flexibility index (Phi) is 3.14. The molecule has 0 aromatic heterocycles. The van der Waals surface area contributed by atoms with Crippen LogP contribution in [0.4, 0.5) is 0 Å². The standard InChI is InChI=1S/C11H15NO2/c12-10-7-13-8-11(10)14-6-9-4-2-1-3-5-9/h1-5,10-11H,6-8,12H2. The summed E-state index contributed by atoms with van der Waals surface area (Å²) < 4.78 is 10.9.